The van der Waals surface area contributed by atoms with E-state index in [2.05, 4.69) is 13.2 Å². The van der Waals surface area contributed by atoms with Crippen LogP contribution in [0.2, 0.25) is 0 Å². The van der Waals surface area contributed by atoms with Crippen molar-refractivity contribution in [2.75, 3.05) is 19.7 Å². The third-order valence-corrected chi connectivity index (χ3v) is 2.38. The van der Waals surface area contributed by atoms with Crippen LogP contribution in [0, 0.1) is 0 Å². The average Bonchev–Trinajstić information content (AvgIpc) is 2.70. The molecule has 1 aliphatic rings. The third-order valence-electron chi connectivity index (χ3n) is 2.38. The molecule has 0 aliphatic carbocycles. The van der Waals surface area contributed by atoms with Gasteiger partial charge in [-0.2, -0.15) is 0 Å². The first-order valence-corrected chi connectivity index (χ1v) is 5.21. The smallest absolute Gasteiger partial charge is 0.410 e. The van der Waals surface area contributed by atoms with E-state index in [1.807, 2.05) is 0 Å². The van der Waals surface area contributed by atoms with E-state index in [4.69, 9.17) is 4.74 Å². The van der Waals surface area contributed by atoms with Gasteiger partial charge >= 0.3 is 6.09 Å². The van der Waals surface area contributed by atoms with Gasteiger partial charge in [-0.3, -0.25) is 0 Å². The molecule has 1 rings (SSSR count). The van der Waals surface area contributed by atoms with Crippen molar-refractivity contribution in [3.8, 4) is 0 Å². The second kappa shape index (κ2) is 6.12. The Labute approximate surface area is 95.5 Å². The molecule has 1 atom stereocenters. The molecule has 1 unspecified atom stereocenters. The van der Waals surface area contributed by atoms with Gasteiger partial charge in [-0.25, -0.2) is 4.79 Å². The number of aliphatic hydroxyl groups excluding tert-OH is 1. The number of amides is 1. The maximum Gasteiger partial charge on any atom is 0.410 e. The summed E-state index contributed by atoms with van der Waals surface area (Å²) in [6, 6.07) is 0. The number of hydrogen-bond donors (Lipinski definition) is 1. The second-order valence-electron chi connectivity index (χ2n) is 3.62. The number of β-amino-alcohol motifs (C(OH)–C–C–N with tert-alkyl or cyclic N) is 1. The molecule has 0 radical (unpaired) electrons. The van der Waals surface area contributed by atoms with Crippen molar-refractivity contribution in [1.82, 2.24) is 4.90 Å². The van der Waals surface area contributed by atoms with Crippen LogP contribution < -0.4 is 0 Å². The first-order chi connectivity index (χ1) is 7.67. The van der Waals surface area contributed by atoms with Crippen molar-refractivity contribution in [3.05, 3.63) is 37.0 Å². The summed E-state index contributed by atoms with van der Waals surface area (Å²) in [6.45, 7) is 8.25. The fraction of sp³-hybridized carbons (Fsp3) is 0.417. The zero-order valence-electron chi connectivity index (χ0n) is 9.26. The van der Waals surface area contributed by atoms with Crippen molar-refractivity contribution >= 4 is 6.09 Å². The van der Waals surface area contributed by atoms with E-state index in [0.29, 0.717) is 19.5 Å². The molecule has 1 aliphatic heterocycles. The zero-order chi connectivity index (χ0) is 12.0. The Morgan fingerprint density at radius 3 is 2.81 bits per heavy atom. The third kappa shape index (κ3) is 3.55. The molecular formula is C12H17NO3. The second-order valence-corrected chi connectivity index (χ2v) is 3.62. The Morgan fingerprint density at radius 2 is 2.31 bits per heavy atom. The van der Waals surface area contributed by atoms with Gasteiger partial charge in [-0.05, 0) is 12.0 Å². The topological polar surface area (TPSA) is 49.8 Å². The summed E-state index contributed by atoms with van der Waals surface area (Å²) in [7, 11) is 0. The van der Waals surface area contributed by atoms with Crippen LogP contribution in [-0.2, 0) is 4.74 Å². The Hall–Kier alpha value is -1.55. The summed E-state index contributed by atoms with van der Waals surface area (Å²) in [5, 5.41) is 9.27. The van der Waals surface area contributed by atoms with E-state index in [9.17, 15) is 9.90 Å². The molecule has 1 amide bonds. The number of allylic oxidation sites excluding steroid dienone is 2. The van der Waals surface area contributed by atoms with Crippen LogP contribution >= 0.6 is 0 Å². The Kier molecular flexibility index (Phi) is 4.79. The Morgan fingerprint density at radius 1 is 1.56 bits per heavy atom. The lowest BCUT2D eigenvalue weighted by Crippen LogP contribution is -2.30. The summed E-state index contributed by atoms with van der Waals surface area (Å²) in [4.78, 5) is 13.0. The number of rotatable bonds is 4. The summed E-state index contributed by atoms with van der Waals surface area (Å²) in [5.41, 5.74) is 0.795. The number of hydrogen-bond acceptors (Lipinski definition) is 3. The van der Waals surface area contributed by atoms with Crippen molar-refractivity contribution in [1.29, 1.82) is 0 Å². The SMILES string of the molecule is C=C/C=C(\C=C)COC(=O)N1CCC(O)C1. The highest BCUT2D eigenvalue weighted by Gasteiger charge is 2.25. The molecule has 4 nitrogen and oxygen atoms in total. The van der Waals surface area contributed by atoms with E-state index in [1.165, 1.54) is 4.90 Å². The van der Waals surface area contributed by atoms with E-state index in [1.54, 1.807) is 18.2 Å². The molecule has 1 heterocycles. The fourth-order valence-corrected chi connectivity index (χ4v) is 1.47. The van der Waals surface area contributed by atoms with Crippen molar-refractivity contribution in [3.63, 3.8) is 0 Å². The molecule has 0 aromatic carbocycles. The highest BCUT2D eigenvalue weighted by Crippen LogP contribution is 2.10. The van der Waals surface area contributed by atoms with Gasteiger partial charge in [0, 0.05) is 13.1 Å². The molecule has 16 heavy (non-hydrogen) atoms. The van der Waals surface area contributed by atoms with E-state index in [0.717, 1.165) is 5.57 Å². The van der Waals surface area contributed by atoms with Crippen LogP contribution in [0.3, 0.4) is 0 Å². The number of carbonyl (C=O) groups excluding carboxylic acids is 1. The summed E-state index contributed by atoms with van der Waals surface area (Å²) in [6.07, 6.45) is 4.77. The van der Waals surface area contributed by atoms with Crippen LogP contribution in [-0.4, -0.2) is 41.9 Å². The molecule has 0 saturated carbocycles. The predicted molar refractivity (Wildman–Crippen MR) is 62.0 cm³/mol. The van der Waals surface area contributed by atoms with E-state index >= 15 is 0 Å². The fourth-order valence-electron chi connectivity index (χ4n) is 1.47. The van der Waals surface area contributed by atoms with Crippen LogP contribution in [0.25, 0.3) is 0 Å². The molecule has 1 saturated heterocycles. The lowest BCUT2D eigenvalue weighted by Gasteiger charge is -2.15. The summed E-state index contributed by atoms with van der Waals surface area (Å²) < 4.78 is 5.07. The molecular weight excluding hydrogens is 206 g/mol. The van der Waals surface area contributed by atoms with E-state index in [-0.39, 0.29) is 6.61 Å². The van der Waals surface area contributed by atoms with Crippen molar-refractivity contribution in [2.24, 2.45) is 0 Å². The number of carbonyl (C=O) groups is 1. The quantitative estimate of drug-likeness (QED) is 0.734. The minimum absolute atomic E-state index is 0.181. The van der Waals surface area contributed by atoms with Gasteiger partial charge in [-0.1, -0.05) is 31.4 Å². The van der Waals surface area contributed by atoms with Gasteiger partial charge in [0.25, 0.3) is 0 Å². The molecule has 1 N–H and O–H groups in total. The minimum Gasteiger partial charge on any atom is -0.445 e. The maximum atomic E-state index is 11.5. The number of ether oxygens (including phenoxy) is 1. The standard InChI is InChI=1S/C12H17NO3/c1-3-5-10(4-2)9-16-12(15)13-7-6-11(14)8-13/h3-5,11,14H,1-2,6-9H2/b10-5+. The van der Waals surface area contributed by atoms with Gasteiger partial charge < -0.3 is 14.7 Å². The first-order valence-electron chi connectivity index (χ1n) is 5.21. The van der Waals surface area contributed by atoms with Crippen LogP contribution in [0.4, 0.5) is 4.79 Å². The Balaban J connectivity index is 2.37. The molecule has 88 valence electrons. The molecule has 0 aromatic rings. The lowest BCUT2D eigenvalue weighted by molar-refractivity contribution is 0.111. The number of nitrogens with zero attached hydrogens (tertiary/aromatic N) is 1. The Bertz CT molecular complexity index is 309. The highest BCUT2D eigenvalue weighted by atomic mass is 16.6. The van der Waals surface area contributed by atoms with Crippen molar-refractivity contribution in [2.45, 2.75) is 12.5 Å². The highest BCUT2D eigenvalue weighted by molar-refractivity contribution is 5.68. The number of aliphatic hydroxyl groups is 1. The minimum atomic E-state index is -0.421. The molecule has 0 spiro atoms. The maximum absolute atomic E-state index is 11.5. The zero-order valence-corrected chi connectivity index (χ0v) is 9.26. The molecule has 4 heteroatoms. The van der Waals surface area contributed by atoms with Crippen LogP contribution in [0.15, 0.2) is 37.0 Å². The largest absolute Gasteiger partial charge is 0.445 e. The lowest BCUT2D eigenvalue weighted by atomic mass is 10.2. The van der Waals surface area contributed by atoms with Gasteiger partial charge in [0.1, 0.15) is 6.61 Å². The van der Waals surface area contributed by atoms with Gasteiger partial charge in [0.2, 0.25) is 0 Å². The van der Waals surface area contributed by atoms with E-state index < -0.39 is 12.2 Å². The molecule has 0 bridgehead atoms. The number of likely N-dealkylation sites (tertiary alicyclic amines) is 1. The monoisotopic (exact) mass is 223 g/mol. The average molecular weight is 223 g/mol. The van der Waals surface area contributed by atoms with Crippen LogP contribution in [0.5, 0.6) is 0 Å². The summed E-state index contributed by atoms with van der Waals surface area (Å²) >= 11 is 0. The molecule has 0 aromatic heterocycles. The van der Waals surface area contributed by atoms with Gasteiger partial charge in [0.15, 0.2) is 0 Å². The van der Waals surface area contributed by atoms with Gasteiger partial charge in [-0.15, -0.1) is 0 Å². The van der Waals surface area contributed by atoms with Crippen molar-refractivity contribution < 1.29 is 14.6 Å². The van der Waals surface area contributed by atoms with Crippen LogP contribution in [0.1, 0.15) is 6.42 Å². The normalized spacial score (nSPS) is 20.7. The summed E-state index contributed by atoms with van der Waals surface area (Å²) in [5.74, 6) is 0. The predicted octanol–water partition coefficient (Wildman–Crippen LogP) is 1.49. The van der Waals surface area contributed by atoms with Gasteiger partial charge in [0.05, 0.1) is 6.10 Å². The molecule has 1 fully saturated rings. The first kappa shape index (κ1) is 12.5.